The van der Waals surface area contributed by atoms with Gasteiger partial charge in [0.05, 0.1) is 17.3 Å². The second kappa shape index (κ2) is 11.3. The predicted molar refractivity (Wildman–Crippen MR) is 173 cm³/mol. The van der Waals surface area contributed by atoms with Gasteiger partial charge in [-0.25, -0.2) is 4.39 Å². The summed E-state index contributed by atoms with van der Waals surface area (Å²) in [5, 5.41) is 10.2. The Morgan fingerprint density at radius 2 is 1.51 bits per heavy atom. The lowest BCUT2D eigenvalue weighted by Gasteiger charge is -2.55. The van der Waals surface area contributed by atoms with Gasteiger partial charge < -0.3 is 5.11 Å². The van der Waals surface area contributed by atoms with Crippen LogP contribution in [0.3, 0.4) is 0 Å². The fourth-order valence-corrected chi connectivity index (χ4v) is 9.68. The van der Waals surface area contributed by atoms with Crippen molar-refractivity contribution in [1.29, 1.82) is 0 Å². The number of carbonyl (C=O) groups excluding carboxylic acids is 4. The van der Waals surface area contributed by atoms with Crippen LogP contribution in [-0.2, 0) is 24.6 Å². The Kier molecular flexibility index (Phi) is 7.12. The minimum Gasteiger partial charge on any atom is -0.505 e. The number of imide groups is 1. The third-order valence-electron chi connectivity index (χ3n) is 11.7. The summed E-state index contributed by atoms with van der Waals surface area (Å²) in [6, 6.07) is 22.4. The van der Waals surface area contributed by atoms with E-state index < -0.39 is 46.6 Å². The van der Waals surface area contributed by atoms with E-state index in [4.69, 9.17) is 0 Å². The number of halogens is 1. The summed E-state index contributed by atoms with van der Waals surface area (Å²) in [7, 11) is 0. The quantitative estimate of drug-likeness (QED) is 0.257. The zero-order valence-electron chi connectivity index (χ0n) is 26.0. The molecule has 0 spiro atoms. The molecule has 2 amide bonds. The Labute approximate surface area is 273 Å². The zero-order valence-corrected chi connectivity index (χ0v) is 26.0. The number of benzene rings is 3. The Balaban J connectivity index is 1.35. The number of hydrogen-bond acceptors (Lipinski definition) is 5. The molecule has 4 aliphatic carbocycles. The van der Waals surface area contributed by atoms with Gasteiger partial charge in [0, 0.05) is 23.5 Å². The molecule has 3 fully saturated rings. The molecule has 2 saturated carbocycles. The maximum absolute atomic E-state index is 15.2. The topological polar surface area (TPSA) is 91.8 Å². The van der Waals surface area contributed by atoms with E-state index in [1.807, 2.05) is 66.7 Å². The van der Waals surface area contributed by atoms with Crippen LogP contribution in [0.15, 0.2) is 96.6 Å². The Hall–Kier alpha value is -4.65. The standard InChI is InChI=1S/C40H36FNO5/c41-32-20-24(16-19-33(32)43)36-27-17-18-28-35(39(47)42(38(28)46)26-14-8-3-9-15-26)30(27)21-31-37(45)29(23-10-4-1-5-11-23)22-34(44)40(31,36)25-12-6-2-7-13-25/h1-2,4-7,10-13,16-17,19-20,22,26,28,30-31,35-36,43H,3,8-9,14-15,18,21H2/t28-,30+,31-,35-,36-,40-/m0/s1. The number of likely N-dealkylation sites (tertiary alicyclic amines) is 1. The van der Waals surface area contributed by atoms with Crippen molar-refractivity contribution in [3.63, 3.8) is 0 Å². The van der Waals surface area contributed by atoms with Gasteiger partial charge in [-0.2, -0.15) is 0 Å². The molecule has 47 heavy (non-hydrogen) atoms. The molecule has 1 saturated heterocycles. The van der Waals surface area contributed by atoms with Crippen molar-refractivity contribution >= 4 is 29.0 Å². The number of phenolic OH excluding ortho intramolecular Hbond substituents is 1. The van der Waals surface area contributed by atoms with Crippen LogP contribution in [-0.4, -0.2) is 39.4 Å². The number of aromatic hydroxyl groups is 1. The fraction of sp³-hybridized carbons (Fsp3) is 0.350. The van der Waals surface area contributed by atoms with E-state index in [2.05, 4.69) is 0 Å². The lowest BCUT2D eigenvalue weighted by atomic mass is 9.44. The van der Waals surface area contributed by atoms with E-state index in [1.54, 1.807) is 6.07 Å². The number of Topliss-reactive ketones (excluding diaryl/α,β-unsaturated/α-hetero) is 1. The van der Waals surface area contributed by atoms with Crippen molar-refractivity contribution in [2.75, 3.05) is 0 Å². The Morgan fingerprint density at radius 3 is 2.21 bits per heavy atom. The van der Waals surface area contributed by atoms with Crippen molar-refractivity contribution in [1.82, 2.24) is 4.90 Å². The van der Waals surface area contributed by atoms with Gasteiger partial charge in [0.15, 0.2) is 23.1 Å². The highest BCUT2D eigenvalue weighted by molar-refractivity contribution is 6.31. The summed E-state index contributed by atoms with van der Waals surface area (Å²) >= 11 is 0. The maximum atomic E-state index is 15.2. The number of amides is 2. The molecule has 3 aromatic rings. The average molecular weight is 630 g/mol. The van der Waals surface area contributed by atoms with Crippen LogP contribution in [0, 0.1) is 29.5 Å². The number of hydrogen-bond donors (Lipinski definition) is 1. The number of ketones is 2. The molecular weight excluding hydrogens is 593 g/mol. The summed E-state index contributed by atoms with van der Waals surface area (Å²) in [5.74, 6) is -5.48. The van der Waals surface area contributed by atoms with E-state index in [1.165, 1.54) is 23.1 Å². The molecule has 6 atom stereocenters. The third-order valence-corrected chi connectivity index (χ3v) is 11.7. The molecule has 1 N–H and O–H groups in total. The van der Waals surface area contributed by atoms with Gasteiger partial charge in [0.25, 0.3) is 0 Å². The summed E-state index contributed by atoms with van der Waals surface area (Å²) in [4.78, 5) is 59.7. The smallest absolute Gasteiger partial charge is 0.233 e. The van der Waals surface area contributed by atoms with Gasteiger partial charge in [0.2, 0.25) is 11.8 Å². The van der Waals surface area contributed by atoms with Gasteiger partial charge in [-0.3, -0.25) is 24.1 Å². The molecule has 0 unspecified atom stereocenters. The molecule has 7 heteroatoms. The minimum absolute atomic E-state index is 0.114. The summed E-state index contributed by atoms with van der Waals surface area (Å²) in [5.41, 5.74) is 1.41. The number of fused-ring (bicyclic) bond motifs is 4. The number of carbonyl (C=O) groups is 4. The van der Waals surface area contributed by atoms with Gasteiger partial charge in [0.1, 0.15) is 0 Å². The fourth-order valence-electron chi connectivity index (χ4n) is 9.68. The third kappa shape index (κ3) is 4.35. The van der Waals surface area contributed by atoms with Crippen LogP contribution in [0.4, 0.5) is 4.39 Å². The van der Waals surface area contributed by atoms with Gasteiger partial charge in [-0.05, 0) is 66.5 Å². The highest BCUT2D eigenvalue weighted by atomic mass is 19.1. The molecular formula is C40H36FNO5. The first-order valence-corrected chi connectivity index (χ1v) is 16.8. The number of nitrogens with zero attached hydrogens (tertiary/aromatic N) is 1. The van der Waals surface area contributed by atoms with Crippen molar-refractivity contribution in [2.24, 2.45) is 23.7 Å². The molecule has 3 aromatic carbocycles. The molecule has 1 heterocycles. The van der Waals surface area contributed by atoms with Crippen molar-refractivity contribution in [3.05, 3.63) is 119 Å². The Bertz CT molecular complexity index is 1860. The first kappa shape index (κ1) is 29.7. The highest BCUT2D eigenvalue weighted by Gasteiger charge is 2.66. The van der Waals surface area contributed by atoms with Crippen molar-refractivity contribution in [3.8, 4) is 5.75 Å². The maximum Gasteiger partial charge on any atom is 0.233 e. The van der Waals surface area contributed by atoms with E-state index in [0.717, 1.165) is 37.7 Å². The van der Waals surface area contributed by atoms with Gasteiger partial charge in [-0.1, -0.05) is 97.6 Å². The van der Waals surface area contributed by atoms with Gasteiger partial charge >= 0.3 is 0 Å². The first-order chi connectivity index (χ1) is 22.8. The van der Waals surface area contributed by atoms with E-state index >= 15 is 4.39 Å². The first-order valence-electron chi connectivity index (χ1n) is 16.8. The molecule has 0 aromatic heterocycles. The van der Waals surface area contributed by atoms with Crippen molar-refractivity contribution in [2.45, 2.75) is 62.3 Å². The summed E-state index contributed by atoms with van der Waals surface area (Å²) < 4.78 is 15.2. The largest absolute Gasteiger partial charge is 0.505 e. The van der Waals surface area contributed by atoms with Crippen LogP contribution in [0.1, 0.15) is 67.6 Å². The summed E-state index contributed by atoms with van der Waals surface area (Å²) in [6.45, 7) is 0. The molecule has 0 radical (unpaired) electrons. The van der Waals surface area contributed by atoms with Crippen LogP contribution in [0.5, 0.6) is 5.75 Å². The van der Waals surface area contributed by atoms with Crippen LogP contribution >= 0.6 is 0 Å². The van der Waals surface area contributed by atoms with E-state index in [9.17, 15) is 24.3 Å². The molecule has 5 aliphatic rings. The Morgan fingerprint density at radius 1 is 0.809 bits per heavy atom. The molecule has 0 bridgehead atoms. The molecule has 6 nitrogen and oxygen atoms in total. The molecule has 1 aliphatic heterocycles. The minimum atomic E-state index is -1.43. The average Bonchev–Trinajstić information content (AvgIpc) is 3.36. The predicted octanol–water partition coefficient (Wildman–Crippen LogP) is 6.69. The van der Waals surface area contributed by atoms with Crippen LogP contribution in [0.25, 0.3) is 5.57 Å². The van der Waals surface area contributed by atoms with Crippen LogP contribution in [0.2, 0.25) is 0 Å². The monoisotopic (exact) mass is 629 g/mol. The van der Waals surface area contributed by atoms with Crippen molar-refractivity contribution < 1.29 is 28.7 Å². The number of allylic oxidation sites excluding steroid dienone is 4. The number of rotatable bonds is 4. The summed E-state index contributed by atoms with van der Waals surface area (Å²) in [6.07, 6.45) is 8.64. The normalized spacial score (nSPS) is 30.7. The van der Waals surface area contributed by atoms with E-state index in [0.29, 0.717) is 28.7 Å². The van der Waals surface area contributed by atoms with Crippen LogP contribution < -0.4 is 0 Å². The lowest BCUT2D eigenvalue weighted by molar-refractivity contribution is -0.144. The second-order valence-electron chi connectivity index (χ2n) is 13.8. The lowest BCUT2D eigenvalue weighted by Crippen LogP contribution is -2.58. The molecule has 238 valence electrons. The van der Waals surface area contributed by atoms with E-state index in [-0.39, 0.29) is 35.8 Å². The SMILES string of the molecule is O=C1C(c2ccccc2)=CC(=O)[C@@]2(c3ccccc3)[C@@H](c3ccc(O)c(F)c3)C3=CC[C@@H]4C(=O)N(C5CCCCC5)C(=O)[C@@H]4[C@@H]3C[C@@H]12. The zero-order chi connectivity index (χ0) is 32.4. The van der Waals surface area contributed by atoms with Gasteiger partial charge in [-0.15, -0.1) is 0 Å². The second-order valence-corrected chi connectivity index (χ2v) is 13.8. The number of phenols is 1. The highest BCUT2D eigenvalue weighted by Crippen LogP contribution is 2.64. The molecule has 8 rings (SSSR count).